The lowest BCUT2D eigenvalue weighted by atomic mass is 10.0. The van der Waals surface area contributed by atoms with Crippen LogP contribution in [0.4, 0.5) is 0 Å². The second-order valence-electron chi connectivity index (χ2n) is 9.26. The van der Waals surface area contributed by atoms with Gasteiger partial charge in [-0.1, -0.05) is 37.1 Å². The molecule has 1 aromatic carbocycles. The summed E-state index contributed by atoms with van der Waals surface area (Å²) >= 11 is 0. The van der Waals surface area contributed by atoms with Crippen LogP contribution in [-0.2, 0) is 22.6 Å². The van der Waals surface area contributed by atoms with E-state index in [1.165, 1.54) is 62.7 Å². The highest BCUT2D eigenvalue weighted by Gasteiger charge is 2.27. The zero-order chi connectivity index (χ0) is 21.3. The summed E-state index contributed by atoms with van der Waals surface area (Å²) in [5.74, 6) is 0.906. The van der Waals surface area contributed by atoms with Gasteiger partial charge in [-0.2, -0.15) is 0 Å². The zero-order valence-electron chi connectivity index (χ0n) is 19.6. The fraction of sp³-hybridized carbons (Fsp3) is 0.720. The van der Waals surface area contributed by atoms with E-state index in [1.54, 1.807) is 0 Å². The van der Waals surface area contributed by atoms with Crippen molar-refractivity contribution in [3.05, 3.63) is 35.4 Å². The molecule has 7 heteroatoms. The zero-order valence-corrected chi connectivity index (χ0v) is 21.9. The van der Waals surface area contributed by atoms with Gasteiger partial charge < -0.3 is 25.0 Å². The predicted octanol–water partition coefficient (Wildman–Crippen LogP) is 4.07. The normalized spacial score (nSPS) is 22.0. The summed E-state index contributed by atoms with van der Waals surface area (Å²) < 4.78 is 11.5. The molecule has 6 nitrogen and oxygen atoms in total. The van der Waals surface area contributed by atoms with Gasteiger partial charge in [0.1, 0.15) is 0 Å². The summed E-state index contributed by atoms with van der Waals surface area (Å²) in [6.07, 6.45) is 10.4. The van der Waals surface area contributed by atoms with Crippen LogP contribution in [0.25, 0.3) is 0 Å². The van der Waals surface area contributed by atoms with Gasteiger partial charge in [0.2, 0.25) is 0 Å². The van der Waals surface area contributed by atoms with Crippen LogP contribution in [-0.4, -0.2) is 62.4 Å². The number of piperidine rings is 1. The first-order valence-corrected chi connectivity index (χ1v) is 12.3. The highest BCUT2D eigenvalue weighted by Crippen LogP contribution is 2.26. The highest BCUT2D eigenvalue weighted by molar-refractivity contribution is 14.0. The summed E-state index contributed by atoms with van der Waals surface area (Å²) in [4.78, 5) is 7.18. The maximum atomic E-state index is 6.08. The first-order valence-electron chi connectivity index (χ1n) is 12.3. The molecular weight excluding hydrogens is 515 g/mol. The molecule has 3 fully saturated rings. The topological polar surface area (TPSA) is 58.1 Å². The molecule has 0 amide bonds. The van der Waals surface area contributed by atoms with Crippen molar-refractivity contribution in [1.82, 2.24) is 15.5 Å². The molecule has 0 aromatic heterocycles. The molecule has 2 aliphatic heterocycles. The van der Waals surface area contributed by atoms with Crippen LogP contribution in [0.2, 0.25) is 0 Å². The molecule has 0 atom stereocenters. The number of nitrogens with one attached hydrogen (secondary N) is 2. The van der Waals surface area contributed by atoms with Crippen molar-refractivity contribution in [2.24, 2.45) is 4.99 Å². The van der Waals surface area contributed by atoms with E-state index >= 15 is 0 Å². The molecule has 1 aromatic rings. The number of benzene rings is 1. The van der Waals surface area contributed by atoms with Gasteiger partial charge in [0.15, 0.2) is 5.96 Å². The maximum absolute atomic E-state index is 6.08. The number of ether oxygens (including phenoxy) is 2. The number of rotatable bonds is 7. The van der Waals surface area contributed by atoms with E-state index in [4.69, 9.17) is 9.47 Å². The minimum Gasteiger partial charge on any atom is -0.381 e. The van der Waals surface area contributed by atoms with Crippen molar-refractivity contribution < 1.29 is 9.47 Å². The smallest absolute Gasteiger partial charge is 0.191 e. The number of halogens is 1. The molecule has 2 N–H and O–H groups in total. The Morgan fingerprint density at radius 2 is 1.78 bits per heavy atom. The summed E-state index contributed by atoms with van der Waals surface area (Å²) in [5, 5.41) is 7.15. The standard InChI is InChI=1S/C25H40N4O2.HI/c1-26-25(28-22-9-13-29(14-10-22)23-7-2-3-8-23)27-18-20-5-4-6-21(17-20)19-31-24-11-15-30-16-12-24;/h4-6,17,22-24H,2-3,7-16,18-19H2,1H3,(H2,26,27,28);1H. The minimum absolute atomic E-state index is 0. The number of nitrogens with zero attached hydrogens (tertiary/aromatic N) is 2. The molecule has 1 saturated carbocycles. The molecular formula is C25H41IN4O2. The Morgan fingerprint density at radius 1 is 1.06 bits per heavy atom. The fourth-order valence-corrected chi connectivity index (χ4v) is 5.14. The fourth-order valence-electron chi connectivity index (χ4n) is 5.14. The van der Waals surface area contributed by atoms with Crippen molar-refractivity contribution in [1.29, 1.82) is 0 Å². The Labute approximate surface area is 210 Å². The Hall–Kier alpha value is -0.900. The van der Waals surface area contributed by atoms with E-state index < -0.39 is 0 Å². The third kappa shape index (κ3) is 7.85. The molecule has 3 aliphatic rings. The minimum atomic E-state index is 0. The number of aliphatic imine (C=N–C) groups is 1. The van der Waals surface area contributed by atoms with Crippen LogP contribution in [0.15, 0.2) is 29.3 Å². The Bertz CT molecular complexity index is 697. The number of hydrogen-bond acceptors (Lipinski definition) is 4. The lowest BCUT2D eigenvalue weighted by molar-refractivity contribution is -0.0390. The second-order valence-corrected chi connectivity index (χ2v) is 9.26. The maximum Gasteiger partial charge on any atom is 0.191 e. The van der Waals surface area contributed by atoms with Gasteiger partial charge in [-0.3, -0.25) is 4.99 Å². The monoisotopic (exact) mass is 556 g/mol. The molecule has 0 unspecified atom stereocenters. The summed E-state index contributed by atoms with van der Waals surface area (Å²) in [5.41, 5.74) is 2.49. The van der Waals surface area contributed by atoms with Gasteiger partial charge in [-0.05, 0) is 49.7 Å². The molecule has 0 spiro atoms. The Balaban J connectivity index is 0.00000289. The van der Waals surface area contributed by atoms with Crippen molar-refractivity contribution in [3.63, 3.8) is 0 Å². The first-order chi connectivity index (χ1) is 15.3. The summed E-state index contributed by atoms with van der Waals surface area (Å²) in [7, 11) is 1.86. The van der Waals surface area contributed by atoms with Gasteiger partial charge in [0.05, 0.1) is 12.7 Å². The van der Waals surface area contributed by atoms with Crippen molar-refractivity contribution in [2.75, 3.05) is 33.4 Å². The van der Waals surface area contributed by atoms with Crippen molar-refractivity contribution in [2.45, 2.75) is 82.7 Å². The largest absolute Gasteiger partial charge is 0.381 e. The van der Waals surface area contributed by atoms with E-state index in [9.17, 15) is 0 Å². The quantitative estimate of drug-likeness (QED) is 0.301. The van der Waals surface area contributed by atoms with Gasteiger partial charge in [0.25, 0.3) is 0 Å². The van der Waals surface area contributed by atoms with Crippen molar-refractivity contribution >= 4 is 29.9 Å². The van der Waals surface area contributed by atoms with Crippen LogP contribution in [0, 0.1) is 0 Å². The van der Waals surface area contributed by atoms with Crippen LogP contribution in [0.3, 0.4) is 0 Å². The molecule has 4 rings (SSSR count). The number of guanidine groups is 1. The third-order valence-electron chi connectivity index (χ3n) is 7.04. The van der Waals surface area contributed by atoms with E-state index in [0.717, 1.165) is 44.6 Å². The molecule has 1 aliphatic carbocycles. The SMILES string of the molecule is CN=C(NCc1cccc(COC2CCOCC2)c1)NC1CCN(C2CCCC2)CC1.I. The Kier molecular flexibility index (Phi) is 11.0. The van der Waals surface area contributed by atoms with Crippen LogP contribution in [0.5, 0.6) is 0 Å². The van der Waals surface area contributed by atoms with E-state index in [1.807, 2.05) is 7.05 Å². The number of hydrogen-bond donors (Lipinski definition) is 2. The van der Waals surface area contributed by atoms with Crippen LogP contribution in [0.1, 0.15) is 62.5 Å². The van der Waals surface area contributed by atoms with E-state index in [0.29, 0.717) is 18.8 Å². The molecule has 32 heavy (non-hydrogen) atoms. The van der Waals surface area contributed by atoms with Gasteiger partial charge in [-0.15, -0.1) is 24.0 Å². The molecule has 0 radical (unpaired) electrons. The average molecular weight is 557 g/mol. The van der Waals surface area contributed by atoms with Crippen molar-refractivity contribution in [3.8, 4) is 0 Å². The van der Waals surface area contributed by atoms with Crippen LogP contribution < -0.4 is 10.6 Å². The average Bonchev–Trinajstić information content (AvgIpc) is 3.37. The van der Waals surface area contributed by atoms with Gasteiger partial charge in [-0.25, -0.2) is 0 Å². The Morgan fingerprint density at radius 3 is 2.50 bits per heavy atom. The van der Waals surface area contributed by atoms with E-state index in [2.05, 4.69) is 44.8 Å². The summed E-state index contributed by atoms with van der Waals surface area (Å²) in [6.45, 7) is 5.51. The predicted molar refractivity (Wildman–Crippen MR) is 141 cm³/mol. The number of likely N-dealkylation sites (tertiary alicyclic amines) is 1. The lowest BCUT2D eigenvalue weighted by Gasteiger charge is -2.36. The molecule has 2 saturated heterocycles. The van der Waals surface area contributed by atoms with Gasteiger partial charge in [0, 0.05) is 52.0 Å². The molecule has 0 bridgehead atoms. The van der Waals surface area contributed by atoms with Crippen LogP contribution >= 0.6 is 24.0 Å². The highest BCUT2D eigenvalue weighted by atomic mass is 127. The second kappa shape index (κ2) is 13.7. The van der Waals surface area contributed by atoms with Gasteiger partial charge >= 0.3 is 0 Å². The summed E-state index contributed by atoms with van der Waals surface area (Å²) in [6, 6.07) is 10.0. The van der Waals surface area contributed by atoms with E-state index in [-0.39, 0.29) is 24.0 Å². The third-order valence-corrected chi connectivity index (χ3v) is 7.04. The first kappa shape index (κ1) is 25.7. The molecule has 180 valence electrons. The molecule has 2 heterocycles. The lowest BCUT2D eigenvalue weighted by Crippen LogP contribution is -2.50.